The quantitative estimate of drug-likeness (QED) is 0.0910. The number of aliphatic carboxylic acids is 3. The van der Waals surface area contributed by atoms with Crippen molar-refractivity contribution in [1.82, 2.24) is 16.0 Å². The fraction of sp³-hybridized carbons (Fsp3) is 0.684. The van der Waals surface area contributed by atoms with Gasteiger partial charge in [-0.2, -0.15) is 11.8 Å². The minimum atomic E-state index is -1.84. The number of thioether (sulfide) groups is 1. The summed E-state index contributed by atoms with van der Waals surface area (Å²) in [5.74, 6) is -6.71. The molecule has 0 aromatic rings. The Hall–Kier alpha value is -2.91. The number of nitrogens with one attached hydrogen (secondary N) is 3. The first-order chi connectivity index (χ1) is 15.9. The first kappa shape index (κ1) is 31.1. The summed E-state index contributed by atoms with van der Waals surface area (Å²) >= 11 is 1.49. The Morgan fingerprint density at radius 2 is 1.26 bits per heavy atom. The molecule has 0 aliphatic rings. The number of carboxylic acid groups (broad SMARTS) is 3. The van der Waals surface area contributed by atoms with Crippen LogP contribution in [0.4, 0.5) is 0 Å². The molecule has 4 atom stereocenters. The zero-order chi connectivity index (χ0) is 26.3. The van der Waals surface area contributed by atoms with Crippen LogP contribution in [0.25, 0.3) is 0 Å². The zero-order valence-electron chi connectivity index (χ0n) is 18.8. The van der Waals surface area contributed by atoms with Crippen LogP contribution < -0.4 is 27.4 Å². The number of rotatable bonds is 18. The lowest BCUT2D eigenvalue weighted by Crippen LogP contribution is -2.57. The predicted octanol–water partition coefficient (Wildman–Crippen LogP) is -2.32. The molecule has 0 aliphatic carbocycles. The van der Waals surface area contributed by atoms with Gasteiger partial charge < -0.3 is 42.7 Å². The van der Waals surface area contributed by atoms with Gasteiger partial charge in [0.25, 0.3) is 0 Å². The van der Waals surface area contributed by atoms with Crippen molar-refractivity contribution < 1.29 is 44.1 Å². The molecule has 3 amide bonds. The summed E-state index contributed by atoms with van der Waals surface area (Å²) in [7, 11) is 0. The number of hydrogen-bond donors (Lipinski definition) is 8. The standard InChI is InChI=1S/C19H33N5O9S/c1-34-7-5-10(21)16(29)22-11(4-2-3-6-20)17(30)23-12(8-14(25)26)18(31)24-13(19(32)33)9-15(27)28/h10-13H,2-9,20-21H2,1H3,(H,22,29)(H,23,30)(H,24,31)(H,25,26)(H,27,28)(H,32,33). The van der Waals surface area contributed by atoms with Crippen molar-refractivity contribution in [2.45, 2.75) is 62.7 Å². The molecular weight excluding hydrogens is 474 g/mol. The molecule has 0 radical (unpaired) electrons. The molecule has 0 heterocycles. The first-order valence-corrected chi connectivity index (χ1v) is 11.8. The van der Waals surface area contributed by atoms with E-state index in [1.165, 1.54) is 11.8 Å². The van der Waals surface area contributed by atoms with E-state index in [-0.39, 0.29) is 6.42 Å². The summed E-state index contributed by atoms with van der Waals surface area (Å²) in [4.78, 5) is 70.9. The number of carboxylic acids is 3. The molecule has 0 rings (SSSR count). The summed E-state index contributed by atoms with van der Waals surface area (Å²) in [5, 5.41) is 33.6. The summed E-state index contributed by atoms with van der Waals surface area (Å²) in [6, 6.07) is -5.60. The Labute approximate surface area is 200 Å². The second-order valence-electron chi connectivity index (χ2n) is 7.39. The Balaban J connectivity index is 5.50. The van der Waals surface area contributed by atoms with Crippen molar-refractivity contribution in [1.29, 1.82) is 0 Å². The van der Waals surface area contributed by atoms with E-state index in [0.29, 0.717) is 31.6 Å². The van der Waals surface area contributed by atoms with Crippen LogP contribution in [0.2, 0.25) is 0 Å². The van der Waals surface area contributed by atoms with Crippen molar-refractivity contribution in [3.63, 3.8) is 0 Å². The van der Waals surface area contributed by atoms with Gasteiger partial charge in [-0.1, -0.05) is 0 Å². The first-order valence-electron chi connectivity index (χ1n) is 10.4. The van der Waals surface area contributed by atoms with Crippen molar-refractivity contribution in [3.8, 4) is 0 Å². The molecule has 10 N–H and O–H groups in total. The Bertz CT molecular complexity index is 737. The van der Waals surface area contributed by atoms with Gasteiger partial charge in [0.1, 0.15) is 18.1 Å². The lowest BCUT2D eigenvalue weighted by Gasteiger charge is -2.24. The van der Waals surface area contributed by atoms with Gasteiger partial charge >= 0.3 is 17.9 Å². The van der Waals surface area contributed by atoms with Crippen LogP contribution in [0.3, 0.4) is 0 Å². The lowest BCUT2D eigenvalue weighted by molar-refractivity contribution is -0.148. The SMILES string of the molecule is CSCCC(N)C(=O)NC(CCCCN)C(=O)NC(CC(=O)O)C(=O)NC(CC(=O)O)C(=O)O. The van der Waals surface area contributed by atoms with Gasteiger partial charge in [-0.3, -0.25) is 24.0 Å². The van der Waals surface area contributed by atoms with Gasteiger partial charge in [-0.15, -0.1) is 0 Å². The number of unbranched alkanes of at least 4 members (excludes halogenated alkanes) is 1. The number of nitrogens with two attached hydrogens (primary N) is 2. The summed E-state index contributed by atoms with van der Waals surface area (Å²) in [6.45, 7) is 0.333. The van der Waals surface area contributed by atoms with E-state index in [9.17, 15) is 28.8 Å². The van der Waals surface area contributed by atoms with Crippen molar-refractivity contribution in [2.75, 3.05) is 18.6 Å². The van der Waals surface area contributed by atoms with Gasteiger partial charge in [0, 0.05) is 0 Å². The Morgan fingerprint density at radius 1 is 0.765 bits per heavy atom. The van der Waals surface area contributed by atoms with Crippen molar-refractivity contribution in [3.05, 3.63) is 0 Å². The van der Waals surface area contributed by atoms with Crippen molar-refractivity contribution in [2.24, 2.45) is 11.5 Å². The third kappa shape index (κ3) is 13.0. The molecule has 0 spiro atoms. The van der Waals surface area contributed by atoms with E-state index in [2.05, 4.69) is 10.6 Å². The van der Waals surface area contributed by atoms with Crippen molar-refractivity contribution >= 4 is 47.4 Å². The van der Waals surface area contributed by atoms with Gasteiger partial charge in [0.05, 0.1) is 18.9 Å². The van der Waals surface area contributed by atoms with Crippen LogP contribution in [-0.2, 0) is 28.8 Å². The lowest BCUT2D eigenvalue weighted by atomic mass is 10.1. The summed E-state index contributed by atoms with van der Waals surface area (Å²) in [6.07, 6.45) is 1.43. The van der Waals surface area contributed by atoms with Crippen LogP contribution in [0.5, 0.6) is 0 Å². The summed E-state index contributed by atoms with van der Waals surface area (Å²) in [5.41, 5.74) is 11.3. The monoisotopic (exact) mass is 507 g/mol. The molecule has 4 unspecified atom stereocenters. The van der Waals surface area contributed by atoms with Gasteiger partial charge in [0.15, 0.2) is 0 Å². The maximum absolute atomic E-state index is 12.8. The minimum absolute atomic E-state index is 0.127. The molecule has 14 nitrogen and oxygen atoms in total. The van der Waals surface area contributed by atoms with Gasteiger partial charge in [0.2, 0.25) is 17.7 Å². The fourth-order valence-corrected chi connectivity index (χ4v) is 3.21. The van der Waals surface area contributed by atoms with E-state index in [4.69, 9.17) is 26.8 Å². The van der Waals surface area contributed by atoms with Gasteiger partial charge in [-0.25, -0.2) is 4.79 Å². The van der Waals surface area contributed by atoms with E-state index in [1.54, 1.807) is 0 Å². The predicted molar refractivity (Wildman–Crippen MR) is 122 cm³/mol. The second-order valence-corrected chi connectivity index (χ2v) is 8.38. The van der Waals surface area contributed by atoms with Crippen LogP contribution in [0.15, 0.2) is 0 Å². The minimum Gasteiger partial charge on any atom is -0.481 e. The van der Waals surface area contributed by atoms with Crippen LogP contribution in [0.1, 0.15) is 38.5 Å². The van der Waals surface area contributed by atoms with E-state index >= 15 is 0 Å². The van der Waals surface area contributed by atoms with Crippen LogP contribution >= 0.6 is 11.8 Å². The molecule has 0 aromatic heterocycles. The highest BCUT2D eigenvalue weighted by Crippen LogP contribution is 2.06. The van der Waals surface area contributed by atoms with E-state index in [1.807, 2.05) is 11.6 Å². The smallest absolute Gasteiger partial charge is 0.326 e. The molecular formula is C19H33N5O9S. The molecule has 15 heteroatoms. The van der Waals surface area contributed by atoms with E-state index in [0.717, 1.165) is 0 Å². The molecule has 0 bridgehead atoms. The average molecular weight is 508 g/mol. The Morgan fingerprint density at radius 3 is 1.76 bits per heavy atom. The number of carbonyl (C=O) groups excluding carboxylic acids is 3. The highest BCUT2D eigenvalue weighted by atomic mass is 32.2. The molecule has 0 aliphatic heterocycles. The third-order valence-electron chi connectivity index (χ3n) is 4.55. The molecule has 0 saturated carbocycles. The summed E-state index contributed by atoms with van der Waals surface area (Å²) < 4.78 is 0. The third-order valence-corrected chi connectivity index (χ3v) is 5.20. The molecule has 194 valence electrons. The zero-order valence-corrected chi connectivity index (χ0v) is 19.6. The maximum atomic E-state index is 12.8. The topological polar surface area (TPSA) is 251 Å². The van der Waals surface area contributed by atoms with Crippen LogP contribution in [-0.4, -0.2) is 93.7 Å². The van der Waals surface area contributed by atoms with Crippen LogP contribution in [0, 0.1) is 0 Å². The second kappa shape index (κ2) is 16.7. The number of hydrogen-bond acceptors (Lipinski definition) is 9. The maximum Gasteiger partial charge on any atom is 0.326 e. The molecule has 0 fully saturated rings. The van der Waals surface area contributed by atoms with E-state index < -0.39 is 72.6 Å². The largest absolute Gasteiger partial charge is 0.481 e. The molecule has 0 aromatic carbocycles. The Kier molecular flexibility index (Phi) is 15.2. The molecule has 0 saturated heterocycles. The number of carbonyl (C=O) groups is 6. The fourth-order valence-electron chi connectivity index (χ4n) is 2.72. The normalized spacial score (nSPS) is 14.2. The highest BCUT2D eigenvalue weighted by molar-refractivity contribution is 7.98. The highest BCUT2D eigenvalue weighted by Gasteiger charge is 2.32. The molecule has 34 heavy (non-hydrogen) atoms. The van der Waals surface area contributed by atoms with Gasteiger partial charge in [-0.05, 0) is 44.2 Å². The average Bonchev–Trinajstić information content (AvgIpc) is 2.74. The number of amides is 3.